The van der Waals surface area contributed by atoms with Crippen LogP contribution < -0.4 is 4.74 Å². The average molecular weight is 212 g/mol. The monoisotopic (exact) mass is 211 g/mol. The van der Waals surface area contributed by atoms with Crippen LogP contribution in [0, 0.1) is 5.95 Å². The van der Waals surface area contributed by atoms with Crippen LogP contribution in [0.3, 0.4) is 0 Å². The first kappa shape index (κ1) is 10.1. The third-order valence-electron chi connectivity index (χ3n) is 1.15. The molecule has 2 nitrogen and oxygen atoms in total. The van der Waals surface area contributed by atoms with Crippen molar-refractivity contribution in [2.45, 2.75) is 6.43 Å². The van der Waals surface area contributed by atoms with E-state index < -0.39 is 19.0 Å². The predicted molar refractivity (Wildman–Crippen MR) is 40.7 cm³/mol. The Labute approximate surface area is 77.3 Å². The van der Waals surface area contributed by atoms with Gasteiger partial charge in [-0.1, -0.05) is 11.6 Å². The summed E-state index contributed by atoms with van der Waals surface area (Å²) in [4.78, 5) is 3.18. The Bertz CT molecular complexity index is 295. The predicted octanol–water partition coefficient (Wildman–Crippen LogP) is 2.52. The zero-order chi connectivity index (χ0) is 9.84. The molecule has 0 radical (unpaired) electrons. The number of hydrogen-bond donors (Lipinski definition) is 0. The molecule has 0 N–H and O–H groups in total. The highest BCUT2D eigenvalue weighted by molar-refractivity contribution is 6.29. The van der Waals surface area contributed by atoms with Crippen molar-refractivity contribution in [2.24, 2.45) is 0 Å². The van der Waals surface area contributed by atoms with E-state index in [0.717, 1.165) is 6.07 Å². The number of halogens is 4. The van der Waals surface area contributed by atoms with Crippen LogP contribution in [0.2, 0.25) is 5.15 Å². The van der Waals surface area contributed by atoms with E-state index in [-0.39, 0.29) is 10.9 Å². The van der Waals surface area contributed by atoms with Gasteiger partial charge in [0.25, 0.3) is 12.4 Å². The van der Waals surface area contributed by atoms with Crippen LogP contribution in [0.4, 0.5) is 13.2 Å². The van der Waals surface area contributed by atoms with Crippen molar-refractivity contribution < 1.29 is 17.9 Å². The molecule has 1 aromatic heterocycles. The van der Waals surface area contributed by atoms with Gasteiger partial charge >= 0.3 is 0 Å². The van der Waals surface area contributed by atoms with Crippen LogP contribution in [0.25, 0.3) is 0 Å². The summed E-state index contributed by atoms with van der Waals surface area (Å²) in [6, 6.07) is 2.40. The van der Waals surface area contributed by atoms with Crippen molar-refractivity contribution in [2.75, 3.05) is 6.61 Å². The van der Waals surface area contributed by atoms with E-state index in [1.165, 1.54) is 6.07 Å². The number of nitrogens with zero attached hydrogens (tertiary/aromatic N) is 1. The zero-order valence-corrected chi connectivity index (χ0v) is 7.06. The van der Waals surface area contributed by atoms with Gasteiger partial charge in [-0.25, -0.2) is 13.8 Å². The molecule has 0 fully saturated rings. The largest absolute Gasteiger partial charge is 0.483 e. The van der Waals surface area contributed by atoms with E-state index in [4.69, 9.17) is 11.6 Å². The van der Waals surface area contributed by atoms with E-state index >= 15 is 0 Å². The minimum absolute atomic E-state index is 0.0538. The fraction of sp³-hybridized carbons (Fsp3) is 0.286. The van der Waals surface area contributed by atoms with E-state index in [1.54, 1.807) is 0 Å². The number of rotatable bonds is 3. The molecule has 13 heavy (non-hydrogen) atoms. The number of aromatic nitrogens is 1. The molecule has 0 aliphatic rings. The van der Waals surface area contributed by atoms with E-state index in [1.807, 2.05) is 0 Å². The summed E-state index contributed by atoms with van der Waals surface area (Å²) in [7, 11) is 0. The number of alkyl halides is 2. The summed E-state index contributed by atoms with van der Waals surface area (Å²) >= 11 is 5.32. The Morgan fingerprint density at radius 3 is 2.69 bits per heavy atom. The standard InChI is InChI=1S/C7H5ClF3NO/c8-5-2-1-4(7(11)12-5)13-3-6(9)10/h1-2,6H,3H2. The molecular weight excluding hydrogens is 207 g/mol. The summed E-state index contributed by atoms with van der Waals surface area (Å²) in [6.45, 7) is -0.861. The zero-order valence-electron chi connectivity index (χ0n) is 6.31. The molecule has 1 rings (SSSR count). The third kappa shape index (κ3) is 3.10. The Balaban J connectivity index is 2.67. The van der Waals surface area contributed by atoms with Gasteiger partial charge in [0.15, 0.2) is 5.75 Å². The van der Waals surface area contributed by atoms with E-state index in [9.17, 15) is 13.2 Å². The Kier molecular flexibility index (Phi) is 3.36. The fourth-order valence-corrected chi connectivity index (χ4v) is 0.797. The van der Waals surface area contributed by atoms with Gasteiger partial charge in [-0.05, 0) is 12.1 Å². The van der Waals surface area contributed by atoms with Crippen molar-refractivity contribution in [3.63, 3.8) is 0 Å². The Morgan fingerprint density at radius 2 is 2.15 bits per heavy atom. The third-order valence-corrected chi connectivity index (χ3v) is 1.36. The van der Waals surface area contributed by atoms with Gasteiger partial charge in [0.2, 0.25) is 0 Å². The summed E-state index contributed by atoms with van der Waals surface area (Å²) < 4.78 is 40.4. The van der Waals surface area contributed by atoms with Crippen LogP contribution in [0.1, 0.15) is 0 Å². The Morgan fingerprint density at radius 1 is 1.46 bits per heavy atom. The summed E-state index contributed by atoms with van der Waals surface area (Å²) in [6.07, 6.45) is -2.64. The molecule has 0 spiro atoms. The molecule has 0 aromatic carbocycles. The van der Waals surface area contributed by atoms with Gasteiger partial charge in [-0.15, -0.1) is 0 Å². The van der Waals surface area contributed by atoms with Crippen molar-refractivity contribution >= 4 is 11.6 Å². The lowest BCUT2D eigenvalue weighted by Gasteiger charge is -2.04. The molecular formula is C7H5ClF3NO. The number of pyridine rings is 1. The molecule has 0 bridgehead atoms. The van der Waals surface area contributed by atoms with E-state index in [0.29, 0.717) is 0 Å². The first-order valence-electron chi connectivity index (χ1n) is 3.32. The summed E-state index contributed by atoms with van der Waals surface area (Å²) in [5.74, 6) is -1.32. The van der Waals surface area contributed by atoms with Crippen LogP contribution in [0.15, 0.2) is 12.1 Å². The SMILES string of the molecule is Fc1nc(Cl)ccc1OCC(F)F. The van der Waals surface area contributed by atoms with Crippen molar-refractivity contribution in [1.82, 2.24) is 4.98 Å². The van der Waals surface area contributed by atoms with Crippen molar-refractivity contribution in [3.05, 3.63) is 23.2 Å². The highest BCUT2D eigenvalue weighted by atomic mass is 35.5. The molecule has 0 amide bonds. The minimum Gasteiger partial charge on any atom is -0.483 e. The molecule has 72 valence electrons. The summed E-state index contributed by atoms with van der Waals surface area (Å²) in [5.41, 5.74) is 0. The van der Waals surface area contributed by atoms with Crippen molar-refractivity contribution in [1.29, 1.82) is 0 Å². The lowest BCUT2D eigenvalue weighted by molar-refractivity contribution is 0.0794. The van der Waals surface area contributed by atoms with Gasteiger partial charge in [-0.3, -0.25) is 0 Å². The molecule has 0 aliphatic carbocycles. The quantitative estimate of drug-likeness (QED) is 0.717. The topological polar surface area (TPSA) is 22.1 Å². The smallest absolute Gasteiger partial charge is 0.272 e. The number of hydrogen-bond acceptors (Lipinski definition) is 2. The molecule has 0 saturated heterocycles. The van der Waals surface area contributed by atoms with Gasteiger partial charge in [0.05, 0.1) is 0 Å². The molecule has 0 saturated carbocycles. The van der Waals surface area contributed by atoms with Crippen LogP contribution in [-0.2, 0) is 0 Å². The first-order chi connectivity index (χ1) is 6.09. The van der Waals surface area contributed by atoms with Gasteiger partial charge < -0.3 is 4.74 Å². The normalized spacial score (nSPS) is 10.5. The second-order valence-corrected chi connectivity index (χ2v) is 2.51. The lowest BCUT2D eigenvalue weighted by atomic mass is 10.4. The molecule has 1 heterocycles. The van der Waals surface area contributed by atoms with Crippen LogP contribution >= 0.6 is 11.6 Å². The van der Waals surface area contributed by atoms with Gasteiger partial charge in [-0.2, -0.15) is 4.39 Å². The maximum Gasteiger partial charge on any atom is 0.272 e. The second-order valence-electron chi connectivity index (χ2n) is 2.13. The maximum atomic E-state index is 12.7. The van der Waals surface area contributed by atoms with Crippen LogP contribution in [0.5, 0.6) is 5.75 Å². The lowest BCUT2D eigenvalue weighted by Crippen LogP contribution is -2.08. The van der Waals surface area contributed by atoms with E-state index in [2.05, 4.69) is 9.72 Å². The Hall–Kier alpha value is -0.970. The summed E-state index contributed by atoms with van der Waals surface area (Å²) in [5, 5.41) is -0.0538. The molecule has 1 aromatic rings. The minimum atomic E-state index is -2.64. The molecule has 0 atom stereocenters. The highest BCUT2D eigenvalue weighted by Gasteiger charge is 2.08. The van der Waals surface area contributed by atoms with Crippen molar-refractivity contribution in [3.8, 4) is 5.75 Å². The van der Waals surface area contributed by atoms with Gasteiger partial charge in [0.1, 0.15) is 11.8 Å². The van der Waals surface area contributed by atoms with Crippen LogP contribution in [-0.4, -0.2) is 18.0 Å². The second kappa shape index (κ2) is 4.32. The molecule has 6 heteroatoms. The number of ether oxygens (including phenoxy) is 1. The average Bonchev–Trinajstić information content (AvgIpc) is 2.02. The van der Waals surface area contributed by atoms with Gasteiger partial charge in [0, 0.05) is 0 Å². The maximum absolute atomic E-state index is 12.7. The molecule has 0 unspecified atom stereocenters. The first-order valence-corrected chi connectivity index (χ1v) is 3.70. The highest BCUT2D eigenvalue weighted by Crippen LogP contribution is 2.17. The fourth-order valence-electron chi connectivity index (χ4n) is 0.660. The molecule has 0 aliphatic heterocycles.